The first-order valence-corrected chi connectivity index (χ1v) is 10.3. The Balaban J connectivity index is 1.45. The van der Waals surface area contributed by atoms with Crippen molar-refractivity contribution < 1.29 is 13.9 Å². The molecule has 0 bridgehead atoms. The molecular weight excluding hydrogens is 415 g/mol. The highest BCUT2D eigenvalue weighted by Gasteiger charge is 2.24. The third-order valence-electron chi connectivity index (χ3n) is 5.30. The maximum atomic E-state index is 13.1. The Morgan fingerprint density at radius 2 is 1.87 bits per heavy atom. The van der Waals surface area contributed by atoms with Crippen LogP contribution in [0.4, 0.5) is 10.1 Å². The first-order chi connectivity index (χ1) is 15.1. The number of amides is 1. The van der Waals surface area contributed by atoms with Gasteiger partial charge in [0.05, 0.1) is 12.2 Å². The van der Waals surface area contributed by atoms with E-state index in [1.165, 1.54) is 12.1 Å². The lowest BCUT2D eigenvalue weighted by molar-refractivity contribution is -0.110. The van der Waals surface area contributed by atoms with Crippen LogP contribution < -0.4 is 10.1 Å². The Kier molecular flexibility index (Phi) is 4.96. The normalized spacial score (nSPS) is 14.1. The van der Waals surface area contributed by atoms with Crippen LogP contribution in [-0.2, 0) is 11.3 Å². The fourth-order valence-electron chi connectivity index (χ4n) is 3.83. The van der Waals surface area contributed by atoms with Crippen LogP contribution in [0.5, 0.6) is 5.75 Å². The average molecular weight is 433 g/mol. The summed E-state index contributed by atoms with van der Waals surface area (Å²) < 4.78 is 20.9. The SMILES string of the molecule is O=C1Nc2cc(Cl)ccc2C1=Cc1cn(CCOc2ccc(F)cc2)c2ccccc12. The highest BCUT2D eigenvalue weighted by Crippen LogP contribution is 2.36. The number of hydrogen-bond donors (Lipinski definition) is 1. The quantitative estimate of drug-likeness (QED) is 0.393. The zero-order chi connectivity index (χ0) is 21.4. The molecule has 0 aliphatic carbocycles. The minimum Gasteiger partial charge on any atom is -0.492 e. The number of nitrogens with zero attached hydrogens (tertiary/aromatic N) is 1. The summed E-state index contributed by atoms with van der Waals surface area (Å²) in [5, 5.41) is 4.50. The third-order valence-corrected chi connectivity index (χ3v) is 5.53. The molecule has 0 fully saturated rings. The highest BCUT2D eigenvalue weighted by molar-refractivity contribution is 6.36. The molecule has 1 N–H and O–H groups in total. The summed E-state index contributed by atoms with van der Waals surface area (Å²) in [5.41, 5.74) is 4.17. The highest BCUT2D eigenvalue weighted by atomic mass is 35.5. The van der Waals surface area contributed by atoms with Crippen LogP contribution in [-0.4, -0.2) is 17.1 Å². The van der Waals surface area contributed by atoms with Gasteiger partial charge in [-0.1, -0.05) is 35.9 Å². The van der Waals surface area contributed by atoms with E-state index in [0.717, 1.165) is 27.7 Å². The van der Waals surface area contributed by atoms with E-state index in [2.05, 4.69) is 9.88 Å². The van der Waals surface area contributed by atoms with Crippen LogP contribution in [0, 0.1) is 5.82 Å². The molecule has 0 saturated heterocycles. The number of fused-ring (bicyclic) bond motifs is 2. The van der Waals surface area contributed by atoms with Gasteiger partial charge in [-0.25, -0.2) is 4.39 Å². The van der Waals surface area contributed by atoms with Gasteiger partial charge in [0, 0.05) is 38.8 Å². The van der Waals surface area contributed by atoms with E-state index < -0.39 is 0 Å². The second-order valence-corrected chi connectivity index (χ2v) is 7.74. The third kappa shape index (κ3) is 3.80. The van der Waals surface area contributed by atoms with Crippen molar-refractivity contribution >= 4 is 45.7 Å². The number of carbonyl (C=O) groups is 1. The van der Waals surface area contributed by atoms with Crippen LogP contribution in [0.2, 0.25) is 5.02 Å². The van der Waals surface area contributed by atoms with Crippen molar-refractivity contribution in [2.24, 2.45) is 0 Å². The molecule has 5 rings (SSSR count). The zero-order valence-corrected chi connectivity index (χ0v) is 17.2. The molecule has 1 amide bonds. The molecule has 2 heterocycles. The fraction of sp³-hybridized carbons (Fsp3) is 0.0800. The Hall–Kier alpha value is -3.57. The number of ether oxygens (including phenoxy) is 1. The minimum atomic E-state index is -0.291. The molecule has 0 radical (unpaired) electrons. The van der Waals surface area contributed by atoms with Crippen molar-refractivity contribution in [3.63, 3.8) is 0 Å². The van der Waals surface area contributed by atoms with Crippen LogP contribution >= 0.6 is 11.6 Å². The lowest BCUT2D eigenvalue weighted by Crippen LogP contribution is -2.07. The monoisotopic (exact) mass is 432 g/mol. The van der Waals surface area contributed by atoms with Crippen LogP contribution in [0.15, 0.2) is 72.9 Å². The first-order valence-electron chi connectivity index (χ1n) is 9.88. The summed E-state index contributed by atoms with van der Waals surface area (Å²) in [7, 11) is 0. The van der Waals surface area contributed by atoms with Crippen LogP contribution in [0.3, 0.4) is 0 Å². The van der Waals surface area contributed by atoms with E-state index in [-0.39, 0.29) is 11.7 Å². The Bertz CT molecular complexity index is 1330. The topological polar surface area (TPSA) is 43.3 Å². The number of halogens is 2. The minimum absolute atomic E-state index is 0.145. The number of nitrogens with one attached hydrogen (secondary N) is 1. The predicted octanol–water partition coefficient (Wildman–Crippen LogP) is 6.01. The number of aromatic nitrogens is 1. The zero-order valence-electron chi connectivity index (χ0n) is 16.4. The van der Waals surface area contributed by atoms with E-state index >= 15 is 0 Å². The van der Waals surface area contributed by atoms with Crippen molar-refractivity contribution in [1.82, 2.24) is 4.57 Å². The van der Waals surface area contributed by atoms with Gasteiger partial charge in [-0.15, -0.1) is 0 Å². The summed E-state index contributed by atoms with van der Waals surface area (Å²) in [6, 6.07) is 19.4. The Morgan fingerprint density at radius 1 is 1.06 bits per heavy atom. The maximum absolute atomic E-state index is 13.1. The summed E-state index contributed by atoms with van der Waals surface area (Å²) >= 11 is 6.06. The molecule has 0 unspecified atom stereocenters. The van der Waals surface area contributed by atoms with E-state index in [1.54, 1.807) is 24.3 Å². The molecule has 6 heteroatoms. The van der Waals surface area contributed by atoms with E-state index in [9.17, 15) is 9.18 Å². The van der Waals surface area contributed by atoms with Crippen molar-refractivity contribution in [3.8, 4) is 5.75 Å². The predicted molar refractivity (Wildman–Crippen MR) is 122 cm³/mol. The van der Waals surface area contributed by atoms with E-state index in [4.69, 9.17) is 16.3 Å². The van der Waals surface area contributed by atoms with E-state index in [1.807, 2.05) is 42.6 Å². The molecule has 1 aromatic heterocycles. The molecule has 0 spiro atoms. The molecule has 0 saturated carbocycles. The van der Waals surface area contributed by atoms with Gasteiger partial charge in [0.2, 0.25) is 0 Å². The molecular formula is C25H18ClFN2O2. The Labute approximate surface area is 183 Å². The van der Waals surface area contributed by atoms with Gasteiger partial charge < -0.3 is 14.6 Å². The molecule has 1 aliphatic heterocycles. The molecule has 1 aliphatic rings. The van der Waals surface area contributed by atoms with Gasteiger partial charge >= 0.3 is 0 Å². The van der Waals surface area contributed by atoms with E-state index in [0.29, 0.717) is 29.5 Å². The number of benzene rings is 3. The summed E-state index contributed by atoms with van der Waals surface area (Å²) in [5.74, 6) is 0.188. The van der Waals surface area contributed by atoms with Gasteiger partial charge in [-0.05, 0) is 48.5 Å². The summed E-state index contributed by atoms with van der Waals surface area (Å²) in [6.45, 7) is 1.04. The number of hydrogen-bond acceptors (Lipinski definition) is 2. The molecule has 4 aromatic rings. The number of carbonyl (C=O) groups excluding carboxylic acids is 1. The van der Waals surface area contributed by atoms with Gasteiger partial charge in [0.1, 0.15) is 18.2 Å². The molecule has 31 heavy (non-hydrogen) atoms. The first kappa shape index (κ1) is 19.4. The molecule has 0 atom stereocenters. The van der Waals surface area contributed by atoms with Crippen molar-refractivity contribution in [1.29, 1.82) is 0 Å². The second-order valence-electron chi connectivity index (χ2n) is 7.30. The lowest BCUT2D eigenvalue weighted by Gasteiger charge is -2.08. The van der Waals surface area contributed by atoms with Crippen molar-refractivity contribution in [2.45, 2.75) is 6.54 Å². The van der Waals surface area contributed by atoms with Gasteiger partial charge in [-0.3, -0.25) is 4.79 Å². The largest absolute Gasteiger partial charge is 0.492 e. The van der Waals surface area contributed by atoms with Gasteiger partial charge in [0.25, 0.3) is 5.91 Å². The summed E-state index contributed by atoms with van der Waals surface area (Å²) in [4.78, 5) is 12.6. The summed E-state index contributed by atoms with van der Waals surface area (Å²) in [6.07, 6.45) is 3.93. The molecule has 4 nitrogen and oxygen atoms in total. The lowest BCUT2D eigenvalue weighted by atomic mass is 10.0. The maximum Gasteiger partial charge on any atom is 0.256 e. The molecule has 154 valence electrons. The smallest absolute Gasteiger partial charge is 0.256 e. The second kappa shape index (κ2) is 7.93. The van der Waals surface area contributed by atoms with Gasteiger partial charge in [0.15, 0.2) is 0 Å². The van der Waals surface area contributed by atoms with Crippen molar-refractivity contribution in [3.05, 3.63) is 94.9 Å². The van der Waals surface area contributed by atoms with Crippen LogP contribution in [0.25, 0.3) is 22.6 Å². The van der Waals surface area contributed by atoms with Gasteiger partial charge in [-0.2, -0.15) is 0 Å². The fourth-order valence-corrected chi connectivity index (χ4v) is 4.01. The standard InChI is InChI=1S/C25H18ClFN2O2/c26-17-5-10-21-22(25(30)28-23(21)14-17)13-16-15-29(24-4-2-1-3-20(16)24)11-12-31-19-8-6-18(27)7-9-19/h1-10,13-15H,11-12H2,(H,28,30). The average Bonchev–Trinajstić information content (AvgIpc) is 3.27. The number of rotatable bonds is 5. The molecule has 3 aromatic carbocycles. The van der Waals surface area contributed by atoms with Crippen LogP contribution in [0.1, 0.15) is 11.1 Å². The van der Waals surface area contributed by atoms with Crippen molar-refractivity contribution in [2.75, 3.05) is 11.9 Å². The number of anilines is 1. The Morgan fingerprint density at radius 3 is 2.71 bits per heavy atom. The number of para-hydroxylation sites is 1.